The SMILES string of the molecule is CNC1CC(OCC(C)(C)S(=O)(=O)C2(CN3CCn4c(cnc4C(=O)NCc4ccc(Cl)cc4)C3=O)CC2)C1. The second kappa shape index (κ2) is 10.5. The summed E-state index contributed by atoms with van der Waals surface area (Å²) in [7, 11) is -1.68. The predicted octanol–water partition coefficient (Wildman–Crippen LogP) is 2.42. The topological polar surface area (TPSA) is 123 Å². The first-order valence-electron chi connectivity index (χ1n) is 13.4. The van der Waals surface area contributed by atoms with Crippen molar-refractivity contribution in [2.75, 3.05) is 26.7 Å². The van der Waals surface area contributed by atoms with E-state index in [4.69, 9.17) is 16.3 Å². The van der Waals surface area contributed by atoms with Crippen LogP contribution in [-0.2, 0) is 27.7 Å². The molecular formula is C27H36ClN5O5S. The predicted molar refractivity (Wildman–Crippen MR) is 148 cm³/mol. The molecule has 2 amide bonds. The van der Waals surface area contributed by atoms with Gasteiger partial charge in [0.1, 0.15) is 5.69 Å². The van der Waals surface area contributed by atoms with Crippen LogP contribution in [0.1, 0.15) is 66.2 Å². The van der Waals surface area contributed by atoms with Crippen LogP contribution in [0.4, 0.5) is 0 Å². The van der Waals surface area contributed by atoms with Gasteiger partial charge in [-0.1, -0.05) is 23.7 Å². The molecule has 3 aliphatic rings. The maximum Gasteiger partial charge on any atom is 0.287 e. The minimum atomic E-state index is -3.60. The van der Waals surface area contributed by atoms with E-state index in [-0.39, 0.29) is 42.6 Å². The van der Waals surface area contributed by atoms with Gasteiger partial charge in [-0.2, -0.15) is 0 Å². The van der Waals surface area contributed by atoms with Crippen LogP contribution in [0.2, 0.25) is 5.02 Å². The van der Waals surface area contributed by atoms with Crippen LogP contribution >= 0.6 is 11.6 Å². The Hall–Kier alpha value is -2.47. The fourth-order valence-corrected chi connectivity index (χ4v) is 7.86. The molecule has 12 heteroatoms. The van der Waals surface area contributed by atoms with E-state index >= 15 is 0 Å². The summed E-state index contributed by atoms with van der Waals surface area (Å²) in [4.78, 5) is 32.0. The molecule has 2 fully saturated rings. The zero-order valence-electron chi connectivity index (χ0n) is 22.6. The number of nitrogens with zero attached hydrogens (tertiary/aromatic N) is 3. The molecule has 0 atom stereocenters. The third kappa shape index (κ3) is 5.33. The lowest BCUT2D eigenvalue weighted by Gasteiger charge is -2.39. The Bertz CT molecular complexity index is 1350. The Morgan fingerprint density at radius 1 is 1.21 bits per heavy atom. The molecule has 5 rings (SSSR count). The number of nitrogens with one attached hydrogen (secondary N) is 2. The van der Waals surface area contributed by atoms with Crippen molar-refractivity contribution in [1.29, 1.82) is 0 Å². The van der Waals surface area contributed by atoms with Crippen LogP contribution in [0.25, 0.3) is 0 Å². The van der Waals surface area contributed by atoms with Crippen molar-refractivity contribution >= 4 is 33.3 Å². The number of carbonyl (C=O) groups excluding carboxylic acids is 2. The molecule has 39 heavy (non-hydrogen) atoms. The number of carbonyl (C=O) groups is 2. The van der Waals surface area contributed by atoms with Crippen molar-refractivity contribution in [3.63, 3.8) is 0 Å². The number of amides is 2. The molecule has 212 valence electrons. The molecule has 2 saturated carbocycles. The highest BCUT2D eigenvalue weighted by molar-refractivity contribution is 7.94. The van der Waals surface area contributed by atoms with Gasteiger partial charge in [0, 0.05) is 37.2 Å². The number of benzene rings is 1. The zero-order chi connectivity index (χ0) is 28.0. The zero-order valence-corrected chi connectivity index (χ0v) is 24.1. The summed E-state index contributed by atoms with van der Waals surface area (Å²) in [5.41, 5.74) is 1.18. The van der Waals surface area contributed by atoms with Gasteiger partial charge in [0.2, 0.25) is 0 Å². The number of imidazole rings is 1. The lowest BCUT2D eigenvalue weighted by Crippen LogP contribution is -2.53. The molecule has 2 aliphatic carbocycles. The number of halogens is 1. The number of ether oxygens (including phenoxy) is 1. The fourth-order valence-electron chi connectivity index (χ4n) is 5.37. The highest BCUT2D eigenvalue weighted by Crippen LogP contribution is 2.49. The summed E-state index contributed by atoms with van der Waals surface area (Å²) in [6, 6.07) is 7.59. The maximum atomic E-state index is 13.8. The van der Waals surface area contributed by atoms with Gasteiger partial charge in [0.05, 0.1) is 28.4 Å². The van der Waals surface area contributed by atoms with E-state index in [1.165, 1.54) is 6.20 Å². The summed E-state index contributed by atoms with van der Waals surface area (Å²) in [6.45, 7) is 4.68. The number of fused-ring (bicyclic) bond motifs is 1. The van der Waals surface area contributed by atoms with Gasteiger partial charge in [0.25, 0.3) is 11.8 Å². The summed E-state index contributed by atoms with van der Waals surface area (Å²) in [5.74, 6) is -0.531. The Balaban J connectivity index is 1.21. The van der Waals surface area contributed by atoms with E-state index in [9.17, 15) is 18.0 Å². The molecule has 1 aliphatic heterocycles. The van der Waals surface area contributed by atoms with Crippen LogP contribution in [0.5, 0.6) is 0 Å². The largest absolute Gasteiger partial charge is 0.376 e. The summed E-state index contributed by atoms with van der Waals surface area (Å²) in [5, 5.41) is 6.65. The molecule has 0 spiro atoms. The second-order valence-electron chi connectivity index (χ2n) is 11.5. The average Bonchev–Trinajstić information content (AvgIpc) is 3.54. The van der Waals surface area contributed by atoms with Crippen LogP contribution in [0.15, 0.2) is 30.5 Å². The maximum absolute atomic E-state index is 13.8. The van der Waals surface area contributed by atoms with Gasteiger partial charge < -0.3 is 24.8 Å². The number of rotatable bonds is 11. The normalized spacial score (nSPS) is 22.3. The molecule has 10 nitrogen and oxygen atoms in total. The van der Waals surface area contributed by atoms with E-state index in [1.807, 2.05) is 19.2 Å². The van der Waals surface area contributed by atoms with Crippen molar-refractivity contribution in [3.8, 4) is 0 Å². The minimum absolute atomic E-state index is 0.0774. The standard InChI is InChI=1S/C27H36ClN5O5S/c1-26(2,17-38-21-12-20(13-21)29-3)39(36,37)27(8-9-27)16-32-10-11-33-22(25(32)35)15-30-23(33)24(34)31-14-18-4-6-19(28)7-5-18/h4-7,15,20-21,29H,8-14,16-17H2,1-3H3,(H,31,34). The Labute approximate surface area is 234 Å². The van der Waals surface area contributed by atoms with Crippen LogP contribution in [-0.4, -0.2) is 83.1 Å². The third-order valence-corrected chi connectivity index (χ3v) is 11.8. The van der Waals surface area contributed by atoms with E-state index in [2.05, 4.69) is 15.6 Å². The average molecular weight is 578 g/mol. The molecule has 0 unspecified atom stereocenters. The van der Waals surface area contributed by atoms with Crippen molar-refractivity contribution in [2.45, 2.75) is 74.3 Å². The van der Waals surface area contributed by atoms with E-state index in [1.54, 1.807) is 35.4 Å². The van der Waals surface area contributed by atoms with Gasteiger partial charge in [-0.05, 0) is 64.3 Å². The molecular weight excluding hydrogens is 542 g/mol. The van der Waals surface area contributed by atoms with Gasteiger partial charge in [-0.15, -0.1) is 0 Å². The number of sulfone groups is 1. The first-order chi connectivity index (χ1) is 18.5. The summed E-state index contributed by atoms with van der Waals surface area (Å²) < 4.78 is 33.1. The highest BCUT2D eigenvalue weighted by atomic mass is 35.5. The van der Waals surface area contributed by atoms with Crippen molar-refractivity contribution in [2.24, 2.45) is 0 Å². The lowest BCUT2D eigenvalue weighted by atomic mass is 9.89. The lowest BCUT2D eigenvalue weighted by molar-refractivity contribution is -0.0225. The quantitative estimate of drug-likeness (QED) is 0.420. The van der Waals surface area contributed by atoms with Crippen LogP contribution in [0, 0.1) is 0 Å². The van der Waals surface area contributed by atoms with Crippen LogP contribution < -0.4 is 10.6 Å². The van der Waals surface area contributed by atoms with E-state index < -0.39 is 19.3 Å². The molecule has 0 radical (unpaired) electrons. The molecule has 2 N–H and O–H groups in total. The third-order valence-electron chi connectivity index (χ3n) is 8.28. The molecule has 2 heterocycles. The molecule has 1 aromatic heterocycles. The smallest absolute Gasteiger partial charge is 0.287 e. The van der Waals surface area contributed by atoms with Gasteiger partial charge in [-0.3, -0.25) is 9.59 Å². The first kappa shape index (κ1) is 28.1. The molecule has 2 aromatic rings. The van der Waals surface area contributed by atoms with Gasteiger partial charge >= 0.3 is 0 Å². The van der Waals surface area contributed by atoms with Crippen LogP contribution in [0.3, 0.4) is 0 Å². The number of hydrogen-bond acceptors (Lipinski definition) is 7. The Kier molecular flexibility index (Phi) is 7.56. The number of aromatic nitrogens is 2. The van der Waals surface area contributed by atoms with E-state index in [0.29, 0.717) is 43.5 Å². The summed E-state index contributed by atoms with van der Waals surface area (Å²) >= 11 is 5.92. The second-order valence-corrected chi connectivity index (χ2v) is 14.9. The van der Waals surface area contributed by atoms with E-state index in [0.717, 1.165) is 18.4 Å². The van der Waals surface area contributed by atoms with Gasteiger partial charge in [-0.25, -0.2) is 13.4 Å². The van der Waals surface area contributed by atoms with Crippen molar-refractivity contribution in [3.05, 3.63) is 52.6 Å². The minimum Gasteiger partial charge on any atom is -0.376 e. The summed E-state index contributed by atoms with van der Waals surface area (Å²) in [6.07, 6.45) is 4.28. The van der Waals surface area contributed by atoms with Gasteiger partial charge in [0.15, 0.2) is 15.7 Å². The molecule has 0 bridgehead atoms. The highest BCUT2D eigenvalue weighted by Gasteiger charge is 2.61. The number of hydrogen-bond donors (Lipinski definition) is 2. The fraction of sp³-hybridized carbons (Fsp3) is 0.593. The molecule has 0 saturated heterocycles. The van der Waals surface area contributed by atoms with Crippen molar-refractivity contribution in [1.82, 2.24) is 25.1 Å². The Morgan fingerprint density at radius 3 is 2.54 bits per heavy atom. The van der Waals surface area contributed by atoms with Crippen molar-refractivity contribution < 1.29 is 22.7 Å². The molecule has 1 aromatic carbocycles. The Morgan fingerprint density at radius 2 is 1.90 bits per heavy atom. The first-order valence-corrected chi connectivity index (χ1v) is 15.2. The monoisotopic (exact) mass is 577 g/mol.